The van der Waals surface area contributed by atoms with Gasteiger partial charge in [0.25, 0.3) is 0 Å². The molecule has 0 bridgehead atoms. The Morgan fingerprint density at radius 3 is 2.82 bits per heavy atom. The summed E-state index contributed by atoms with van der Waals surface area (Å²) in [6.07, 6.45) is 0.859. The van der Waals surface area contributed by atoms with Gasteiger partial charge >= 0.3 is 0 Å². The predicted molar refractivity (Wildman–Crippen MR) is 109 cm³/mol. The van der Waals surface area contributed by atoms with Crippen LogP contribution in [0.2, 0.25) is 10.0 Å². The molecule has 6 nitrogen and oxygen atoms in total. The Labute approximate surface area is 171 Å². The van der Waals surface area contributed by atoms with Gasteiger partial charge in [0.2, 0.25) is 11.6 Å². The number of rotatable bonds is 3. The van der Waals surface area contributed by atoms with Crippen LogP contribution in [-0.4, -0.2) is 39.8 Å². The zero-order valence-corrected chi connectivity index (χ0v) is 16.3. The number of halogens is 3. The molecule has 1 fully saturated rings. The van der Waals surface area contributed by atoms with Gasteiger partial charge in [-0.1, -0.05) is 29.3 Å². The molecule has 28 heavy (non-hydrogen) atoms. The first-order chi connectivity index (χ1) is 13.5. The van der Waals surface area contributed by atoms with E-state index in [-0.39, 0.29) is 0 Å². The number of anilines is 1. The molecule has 1 aliphatic rings. The van der Waals surface area contributed by atoms with Crippen LogP contribution in [0.5, 0.6) is 0 Å². The molecule has 2 N–H and O–H groups in total. The number of hydrogen-bond acceptors (Lipinski definition) is 4. The van der Waals surface area contributed by atoms with Crippen LogP contribution in [0.4, 0.5) is 16.0 Å². The van der Waals surface area contributed by atoms with E-state index in [4.69, 9.17) is 40.5 Å². The van der Waals surface area contributed by atoms with Gasteiger partial charge in [0.15, 0.2) is 0 Å². The fourth-order valence-electron chi connectivity index (χ4n) is 3.41. The molecule has 9 heteroatoms. The summed E-state index contributed by atoms with van der Waals surface area (Å²) >= 11 is 12.6. The van der Waals surface area contributed by atoms with Crippen molar-refractivity contribution in [3.8, 4) is 0 Å². The molecular formula is C19H17Cl2FN6. The maximum Gasteiger partial charge on any atom is 0.207 e. The average Bonchev–Trinajstić information content (AvgIpc) is 3.03. The van der Waals surface area contributed by atoms with Crippen molar-refractivity contribution in [1.82, 2.24) is 14.5 Å². The molecule has 1 saturated heterocycles. The number of nitrogens with zero attached hydrogens (tertiary/aromatic N) is 5. The lowest BCUT2D eigenvalue weighted by molar-refractivity contribution is 0.243. The Morgan fingerprint density at radius 1 is 1.32 bits per heavy atom. The smallest absolute Gasteiger partial charge is 0.207 e. The summed E-state index contributed by atoms with van der Waals surface area (Å²) in [4.78, 5) is 14.4. The van der Waals surface area contributed by atoms with E-state index in [1.54, 1.807) is 24.3 Å². The van der Waals surface area contributed by atoms with E-state index in [9.17, 15) is 4.39 Å². The van der Waals surface area contributed by atoms with Gasteiger partial charge in [-0.2, -0.15) is 0 Å². The highest BCUT2D eigenvalue weighted by atomic mass is 35.5. The molecule has 0 amide bonds. The van der Waals surface area contributed by atoms with E-state index in [1.807, 2.05) is 9.47 Å². The van der Waals surface area contributed by atoms with E-state index in [0.717, 1.165) is 11.2 Å². The van der Waals surface area contributed by atoms with Crippen molar-refractivity contribution in [3.05, 3.63) is 57.6 Å². The Kier molecular flexibility index (Phi) is 5.11. The Balaban J connectivity index is 1.80. The maximum atomic E-state index is 13.9. The van der Waals surface area contributed by atoms with Crippen LogP contribution in [0.25, 0.3) is 15.9 Å². The summed E-state index contributed by atoms with van der Waals surface area (Å²) in [5.74, 6) is 0.651. The second kappa shape index (κ2) is 7.55. The highest BCUT2D eigenvalue weighted by Gasteiger charge is 2.29. The van der Waals surface area contributed by atoms with Crippen LogP contribution < -0.4 is 10.6 Å². The van der Waals surface area contributed by atoms with Crippen molar-refractivity contribution in [2.75, 3.05) is 18.0 Å². The quantitative estimate of drug-likeness (QED) is 0.646. The first kappa shape index (κ1) is 18.9. The highest BCUT2D eigenvalue weighted by Crippen LogP contribution is 2.33. The molecule has 3 aromatic rings. The summed E-state index contributed by atoms with van der Waals surface area (Å²) in [5.41, 5.74) is 8.56. The Hall–Kier alpha value is -2.40. The number of hydrogen-bond donors (Lipinski definition) is 1. The van der Waals surface area contributed by atoms with E-state index in [0.29, 0.717) is 53.3 Å². The third-order valence-electron chi connectivity index (χ3n) is 4.86. The van der Waals surface area contributed by atoms with Crippen molar-refractivity contribution >= 4 is 45.9 Å². The number of alkyl halides is 1. The second-order valence-corrected chi connectivity index (χ2v) is 7.63. The number of piperidine rings is 1. The van der Waals surface area contributed by atoms with Crippen molar-refractivity contribution in [3.63, 3.8) is 0 Å². The van der Waals surface area contributed by atoms with Crippen molar-refractivity contribution in [1.29, 1.82) is 0 Å². The van der Waals surface area contributed by atoms with Crippen molar-refractivity contribution < 1.29 is 4.39 Å². The van der Waals surface area contributed by atoms with E-state index in [1.165, 1.54) is 6.20 Å². The van der Waals surface area contributed by atoms with Gasteiger partial charge in [0, 0.05) is 24.3 Å². The second-order valence-electron chi connectivity index (χ2n) is 6.79. The number of aromatic nitrogens is 3. The van der Waals surface area contributed by atoms with Crippen LogP contribution in [0, 0.1) is 6.57 Å². The summed E-state index contributed by atoms with van der Waals surface area (Å²) in [6.45, 7) is 8.34. The lowest BCUT2D eigenvalue weighted by atomic mass is 10.1. The van der Waals surface area contributed by atoms with Crippen LogP contribution >= 0.6 is 23.2 Å². The molecule has 0 saturated carbocycles. The minimum Gasteiger partial charge on any atom is -0.340 e. The van der Waals surface area contributed by atoms with Gasteiger partial charge in [0.1, 0.15) is 11.7 Å². The lowest BCUT2D eigenvalue weighted by Gasteiger charge is -2.34. The molecule has 4 rings (SSSR count). The number of fused-ring (bicyclic) bond motifs is 1. The van der Waals surface area contributed by atoms with Crippen molar-refractivity contribution in [2.45, 2.75) is 25.2 Å². The number of benzene rings is 1. The molecule has 2 atom stereocenters. The summed E-state index contributed by atoms with van der Waals surface area (Å²) < 4.78 is 15.8. The standard InChI is InChI=1S/C19H17Cl2FN6/c1-24-12-2-3-13(25-8-12)9-28-17-7-11(20)6-14(21)18(17)26-19(28)27-5-4-15(22)16(23)10-27/h2-3,6-8,15-16H,4-5,9-10,23H2/t15-,16-/m1/s1. The third kappa shape index (κ3) is 3.51. The van der Waals surface area contributed by atoms with E-state index < -0.39 is 12.2 Å². The molecule has 3 heterocycles. The minimum absolute atomic E-state index is 0.344. The highest BCUT2D eigenvalue weighted by molar-refractivity contribution is 6.38. The van der Waals surface area contributed by atoms with Crippen molar-refractivity contribution in [2.24, 2.45) is 5.73 Å². The van der Waals surface area contributed by atoms with Crippen LogP contribution in [0.3, 0.4) is 0 Å². The SMILES string of the molecule is [C-]#[N+]c1ccc(Cn2c(N3CC[C@@H](F)[C@H](N)C3)nc3c(Cl)cc(Cl)cc32)nc1. The Bertz CT molecular complexity index is 1060. The zero-order valence-electron chi connectivity index (χ0n) is 14.8. The van der Waals surface area contributed by atoms with Gasteiger partial charge in [0.05, 0.1) is 35.4 Å². The maximum absolute atomic E-state index is 13.9. The number of imidazole rings is 1. The van der Waals surface area contributed by atoms with Gasteiger partial charge in [-0.25, -0.2) is 14.2 Å². The van der Waals surface area contributed by atoms with Crippen LogP contribution in [0.1, 0.15) is 12.1 Å². The molecule has 144 valence electrons. The molecule has 0 spiro atoms. The predicted octanol–water partition coefficient (Wildman–Crippen LogP) is 4.21. The van der Waals surface area contributed by atoms with Crippen LogP contribution in [0.15, 0.2) is 30.5 Å². The largest absolute Gasteiger partial charge is 0.340 e. The molecule has 0 radical (unpaired) electrons. The average molecular weight is 419 g/mol. The summed E-state index contributed by atoms with van der Waals surface area (Å²) in [7, 11) is 0. The molecule has 0 unspecified atom stereocenters. The monoisotopic (exact) mass is 418 g/mol. The topological polar surface area (TPSA) is 64.3 Å². The molecule has 1 aliphatic heterocycles. The zero-order chi connectivity index (χ0) is 19.8. The van der Waals surface area contributed by atoms with Gasteiger partial charge < -0.3 is 15.2 Å². The minimum atomic E-state index is -1.02. The lowest BCUT2D eigenvalue weighted by Crippen LogP contribution is -2.50. The molecule has 2 aromatic heterocycles. The fraction of sp³-hybridized carbons (Fsp3) is 0.316. The number of nitrogens with two attached hydrogens (primary N) is 1. The first-order valence-corrected chi connectivity index (χ1v) is 9.54. The molecular weight excluding hydrogens is 402 g/mol. The fourth-order valence-corrected chi connectivity index (χ4v) is 3.93. The van der Waals surface area contributed by atoms with Crippen LogP contribution in [-0.2, 0) is 6.54 Å². The van der Waals surface area contributed by atoms with E-state index >= 15 is 0 Å². The third-order valence-corrected chi connectivity index (χ3v) is 5.37. The van der Waals surface area contributed by atoms with E-state index in [2.05, 4.69) is 9.83 Å². The normalized spacial score (nSPS) is 19.8. The summed E-state index contributed by atoms with van der Waals surface area (Å²) in [5, 5.41) is 0.948. The first-order valence-electron chi connectivity index (χ1n) is 8.78. The molecule has 1 aromatic carbocycles. The Morgan fingerprint density at radius 2 is 2.14 bits per heavy atom. The van der Waals surface area contributed by atoms with Gasteiger partial charge in [-0.15, -0.1) is 0 Å². The number of pyridine rings is 1. The van der Waals surface area contributed by atoms with Gasteiger partial charge in [-0.05, 0) is 24.6 Å². The molecule has 0 aliphatic carbocycles. The summed E-state index contributed by atoms with van der Waals surface area (Å²) in [6, 6.07) is 6.40. The van der Waals surface area contributed by atoms with Gasteiger partial charge in [-0.3, -0.25) is 4.98 Å².